The highest BCUT2D eigenvalue weighted by atomic mass is 16.2. The van der Waals surface area contributed by atoms with Crippen molar-refractivity contribution in [2.75, 3.05) is 13.1 Å². The van der Waals surface area contributed by atoms with Crippen LogP contribution < -0.4 is 21.7 Å². The van der Waals surface area contributed by atoms with E-state index in [0.717, 1.165) is 19.3 Å². The maximum atomic E-state index is 12.1. The Morgan fingerprint density at radius 1 is 0.923 bits per heavy atom. The van der Waals surface area contributed by atoms with Crippen LogP contribution in [0.1, 0.15) is 90.9 Å². The summed E-state index contributed by atoms with van der Waals surface area (Å²) in [5, 5.41) is 8.44. The molecule has 152 valence electrons. The molecule has 0 aromatic heterocycles. The maximum absolute atomic E-state index is 12.1. The normalized spacial score (nSPS) is 12.0. The van der Waals surface area contributed by atoms with Crippen molar-refractivity contribution in [3.63, 3.8) is 0 Å². The third kappa shape index (κ3) is 15.1. The second-order valence-electron chi connectivity index (χ2n) is 6.81. The Balaban J connectivity index is 3.88. The lowest BCUT2D eigenvalue weighted by Gasteiger charge is -2.18. The second-order valence-corrected chi connectivity index (χ2v) is 6.81. The lowest BCUT2D eigenvalue weighted by atomic mass is 10.1. The molecular weight excluding hydrogens is 328 g/mol. The highest BCUT2D eigenvalue weighted by Crippen LogP contribution is 2.10. The topological polar surface area (TPSA) is 96.2 Å². The standard InChI is InChI=1S/C20H40N4O2/c1-3-5-6-7-8-9-10-11-12-15-19(25)24-18(20(26)23-4-2)14-13-16-22-17-21/h18,22H,3-16,21H2,1-2H3,(H,23,26)(H,24,25). The summed E-state index contributed by atoms with van der Waals surface area (Å²) in [6, 6.07) is -0.472. The minimum atomic E-state index is -0.472. The zero-order valence-corrected chi connectivity index (χ0v) is 16.9. The van der Waals surface area contributed by atoms with Gasteiger partial charge in [-0.2, -0.15) is 0 Å². The smallest absolute Gasteiger partial charge is 0.242 e. The molecule has 0 rings (SSSR count). The van der Waals surface area contributed by atoms with Crippen LogP contribution in [0.5, 0.6) is 0 Å². The molecule has 0 saturated heterocycles. The van der Waals surface area contributed by atoms with Crippen molar-refractivity contribution in [1.82, 2.24) is 16.0 Å². The molecule has 0 heterocycles. The molecule has 2 amide bonds. The number of unbranched alkanes of at least 4 members (excludes halogenated alkanes) is 8. The zero-order valence-electron chi connectivity index (χ0n) is 16.9. The number of rotatable bonds is 18. The van der Waals surface area contributed by atoms with Gasteiger partial charge < -0.3 is 16.4 Å². The molecule has 0 aliphatic rings. The van der Waals surface area contributed by atoms with Gasteiger partial charge in [-0.1, -0.05) is 58.3 Å². The fourth-order valence-electron chi connectivity index (χ4n) is 2.90. The maximum Gasteiger partial charge on any atom is 0.242 e. The Hall–Kier alpha value is -1.14. The van der Waals surface area contributed by atoms with Gasteiger partial charge in [-0.25, -0.2) is 0 Å². The van der Waals surface area contributed by atoms with Gasteiger partial charge in [0.25, 0.3) is 0 Å². The summed E-state index contributed by atoms with van der Waals surface area (Å²) in [6.07, 6.45) is 12.8. The summed E-state index contributed by atoms with van der Waals surface area (Å²) < 4.78 is 0. The quantitative estimate of drug-likeness (QED) is 0.221. The van der Waals surface area contributed by atoms with E-state index >= 15 is 0 Å². The summed E-state index contributed by atoms with van der Waals surface area (Å²) in [7, 11) is 0. The molecule has 0 saturated carbocycles. The van der Waals surface area contributed by atoms with Gasteiger partial charge in [0.15, 0.2) is 0 Å². The third-order valence-corrected chi connectivity index (χ3v) is 4.41. The summed E-state index contributed by atoms with van der Waals surface area (Å²) >= 11 is 0. The van der Waals surface area contributed by atoms with Crippen LogP contribution in [0.25, 0.3) is 0 Å². The molecule has 0 spiro atoms. The van der Waals surface area contributed by atoms with Crippen molar-refractivity contribution < 1.29 is 9.59 Å². The van der Waals surface area contributed by atoms with E-state index in [1.165, 1.54) is 44.9 Å². The van der Waals surface area contributed by atoms with Crippen molar-refractivity contribution >= 4 is 11.8 Å². The van der Waals surface area contributed by atoms with E-state index in [2.05, 4.69) is 29.5 Å². The molecule has 5 N–H and O–H groups in total. The van der Waals surface area contributed by atoms with Crippen LogP contribution in [-0.2, 0) is 9.59 Å². The molecule has 0 aromatic rings. The van der Waals surface area contributed by atoms with Gasteiger partial charge in [0.1, 0.15) is 12.7 Å². The number of carbonyl (C=O) groups is 2. The Morgan fingerprint density at radius 2 is 1.54 bits per heavy atom. The van der Waals surface area contributed by atoms with E-state index in [9.17, 15) is 9.59 Å². The minimum Gasteiger partial charge on any atom is -0.355 e. The number of amides is 2. The van der Waals surface area contributed by atoms with Crippen LogP contribution in [0.3, 0.4) is 0 Å². The highest BCUT2D eigenvalue weighted by Gasteiger charge is 2.19. The highest BCUT2D eigenvalue weighted by molar-refractivity contribution is 5.87. The first kappa shape index (κ1) is 24.9. The van der Waals surface area contributed by atoms with Crippen LogP contribution in [-0.4, -0.2) is 30.9 Å². The Bertz CT molecular complexity index is 351. The molecule has 0 aliphatic carbocycles. The van der Waals surface area contributed by atoms with Crippen molar-refractivity contribution in [1.29, 1.82) is 0 Å². The molecule has 0 bridgehead atoms. The van der Waals surface area contributed by atoms with Crippen LogP contribution in [0, 0.1) is 6.67 Å². The van der Waals surface area contributed by atoms with E-state index in [4.69, 9.17) is 5.73 Å². The van der Waals surface area contributed by atoms with Gasteiger partial charge in [0.05, 0.1) is 0 Å². The van der Waals surface area contributed by atoms with Gasteiger partial charge in [0, 0.05) is 13.0 Å². The van der Waals surface area contributed by atoms with Gasteiger partial charge in [-0.15, -0.1) is 0 Å². The monoisotopic (exact) mass is 368 g/mol. The SMILES string of the molecule is CCCCCCCCCCCC(=O)NC(CCCN[C]N)C(=O)NCC. The first-order valence-electron chi connectivity index (χ1n) is 10.4. The average Bonchev–Trinajstić information content (AvgIpc) is 2.63. The predicted octanol–water partition coefficient (Wildman–Crippen LogP) is 2.85. The average molecular weight is 369 g/mol. The first-order valence-corrected chi connectivity index (χ1v) is 10.4. The second kappa shape index (κ2) is 18.6. The largest absolute Gasteiger partial charge is 0.355 e. The number of carbonyl (C=O) groups excluding carboxylic acids is 2. The van der Waals surface area contributed by atoms with Crippen LogP contribution in [0.2, 0.25) is 0 Å². The third-order valence-electron chi connectivity index (χ3n) is 4.41. The van der Waals surface area contributed by atoms with Crippen molar-refractivity contribution in [3.05, 3.63) is 6.67 Å². The number of nitrogens with one attached hydrogen (secondary N) is 3. The number of likely N-dealkylation sites (N-methyl/N-ethyl adjacent to an activating group) is 1. The summed E-state index contributed by atoms with van der Waals surface area (Å²) in [6.45, 7) is 7.66. The van der Waals surface area contributed by atoms with Gasteiger partial charge >= 0.3 is 0 Å². The van der Waals surface area contributed by atoms with Crippen molar-refractivity contribution in [2.45, 2.75) is 96.9 Å². The van der Waals surface area contributed by atoms with E-state index in [1.54, 1.807) is 0 Å². The molecule has 0 fully saturated rings. The zero-order chi connectivity index (χ0) is 19.5. The minimum absolute atomic E-state index is 0.0332. The molecule has 1 unspecified atom stereocenters. The predicted molar refractivity (Wildman–Crippen MR) is 107 cm³/mol. The lowest BCUT2D eigenvalue weighted by Crippen LogP contribution is -2.46. The molecule has 6 heteroatoms. The molecule has 1 atom stereocenters. The van der Waals surface area contributed by atoms with Crippen molar-refractivity contribution in [3.8, 4) is 0 Å². The summed E-state index contributed by atoms with van der Waals surface area (Å²) in [5.74, 6) is -0.150. The molecule has 6 nitrogen and oxygen atoms in total. The molecule has 26 heavy (non-hydrogen) atoms. The van der Waals surface area contributed by atoms with E-state index in [-0.39, 0.29) is 11.8 Å². The fourth-order valence-corrected chi connectivity index (χ4v) is 2.90. The van der Waals surface area contributed by atoms with Gasteiger partial charge in [-0.05, 0) is 32.7 Å². The van der Waals surface area contributed by atoms with Crippen LogP contribution in [0.4, 0.5) is 0 Å². The summed E-state index contributed by atoms with van der Waals surface area (Å²) in [5.41, 5.74) is 5.14. The number of hydrogen-bond acceptors (Lipinski definition) is 4. The molecule has 2 radical (unpaired) electrons. The number of hydrogen-bond donors (Lipinski definition) is 4. The Kier molecular flexibility index (Phi) is 17.8. The number of nitrogens with two attached hydrogens (primary N) is 1. The molecule has 0 aliphatic heterocycles. The molecule has 0 aromatic carbocycles. The first-order chi connectivity index (χ1) is 12.7. The van der Waals surface area contributed by atoms with Gasteiger partial charge in [0.2, 0.25) is 11.8 Å². The Labute approximate surface area is 160 Å². The lowest BCUT2D eigenvalue weighted by molar-refractivity contribution is -0.129. The Morgan fingerprint density at radius 3 is 2.12 bits per heavy atom. The van der Waals surface area contributed by atoms with Crippen molar-refractivity contribution in [2.24, 2.45) is 5.73 Å². The van der Waals surface area contributed by atoms with Crippen LogP contribution in [0.15, 0.2) is 0 Å². The summed E-state index contributed by atoms with van der Waals surface area (Å²) in [4.78, 5) is 24.2. The van der Waals surface area contributed by atoms with Crippen LogP contribution >= 0.6 is 0 Å². The van der Waals surface area contributed by atoms with E-state index in [0.29, 0.717) is 25.9 Å². The fraction of sp³-hybridized carbons (Fsp3) is 0.850. The van der Waals surface area contributed by atoms with E-state index < -0.39 is 6.04 Å². The molecular formula is C20H40N4O2. The van der Waals surface area contributed by atoms with Gasteiger partial charge in [-0.3, -0.25) is 14.9 Å². The van der Waals surface area contributed by atoms with E-state index in [1.807, 2.05) is 6.92 Å².